The molecule has 0 N–H and O–H groups in total. The van der Waals surface area contributed by atoms with Crippen molar-refractivity contribution >= 4 is 5.69 Å². The third kappa shape index (κ3) is 3.77. The van der Waals surface area contributed by atoms with E-state index in [-0.39, 0.29) is 0 Å². The van der Waals surface area contributed by atoms with Gasteiger partial charge in [-0.1, -0.05) is 19.1 Å². The number of nitro groups is 1. The second-order valence-electron chi connectivity index (χ2n) is 5.66. The molecule has 2 rings (SSSR count). The molecular weight excluding hydrogens is 273 g/mol. The van der Waals surface area contributed by atoms with Gasteiger partial charge < -0.3 is 4.90 Å². The first kappa shape index (κ1) is 15.9. The summed E-state index contributed by atoms with van der Waals surface area (Å²) in [7, 11) is 2.10. The summed E-state index contributed by atoms with van der Waals surface area (Å²) in [6, 6.07) is 4.77. The van der Waals surface area contributed by atoms with E-state index in [1.807, 2.05) is 0 Å². The molecule has 5 nitrogen and oxygen atoms in total. The Kier molecular flexibility index (Phi) is 5.25. The minimum absolute atomic E-state index is 0.358. The first-order valence-electron chi connectivity index (χ1n) is 7.37. The van der Waals surface area contributed by atoms with E-state index in [0.717, 1.165) is 32.5 Å². The van der Waals surface area contributed by atoms with Crippen LogP contribution < -0.4 is 0 Å². The van der Waals surface area contributed by atoms with E-state index < -0.39 is 16.4 Å². The highest BCUT2D eigenvalue weighted by Gasteiger charge is 2.24. The summed E-state index contributed by atoms with van der Waals surface area (Å²) in [5.74, 6) is -0.699. The van der Waals surface area contributed by atoms with E-state index in [0.29, 0.717) is 18.2 Å². The number of likely N-dealkylation sites (N-methyl/N-ethyl adjacent to an activating group) is 1. The maximum absolute atomic E-state index is 14.2. The van der Waals surface area contributed by atoms with Crippen molar-refractivity contribution in [3.8, 4) is 0 Å². The highest BCUT2D eigenvalue weighted by molar-refractivity contribution is 5.36. The molecule has 1 aromatic carbocycles. The van der Waals surface area contributed by atoms with Gasteiger partial charge in [0.05, 0.1) is 4.92 Å². The van der Waals surface area contributed by atoms with Crippen LogP contribution in [0.1, 0.15) is 25.3 Å². The van der Waals surface area contributed by atoms with Crippen LogP contribution in [-0.2, 0) is 6.54 Å². The number of hydrogen-bond acceptors (Lipinski definition) is 4. The molecule has 1 atom stereocenters. The van der Waals surface area contributed by atoms with Crippen molar-refractivity contribution in [2.24, 2.45) is 0 Å². The van der Waals surface area contributed by atoms with Gasteiger partial charge in [0, 0.05) is 37.3 Å². The molecule has 0 radical (unpaired) electrons. The Labute approximate surface area is 124 Å². The highest BCUT2D eigenvalue weighted by Crippen LogP contribution is 2.23. The SMILES string of the molecule is CCC1CN(C)CCCN1Cc1cccc([N+](=O)[O-])c1F. The van der Waals surface area contributed by atoms with Crippen LogP contribution in [0.3, 0.4) is 0 Å². The Morgan fingerprint density at radius 1 is 1.43 bits per heavy atom. The van der Waals surface area contributed by atoms with Crippen molar-refractivity contribution in [1.82, 2.24) is 9.80 Å². The molecule has 1 unspecified atom stereocenters. The first-order valence-corrected chi connectivity index (χ1v) is 7.37. The van der Waals surface area contributed by atoms with Gasteiger partial charge in [0.25, 0.3) is 0 Å². The normalized spacial score (nSPS) is 21.2. The second kappa shape index (κ2) is 6.95. The predicted octanol–water partition coefficient (Wildman–Crippen LogP) is 2.65. The molecule has 1 heterocycles. The van der Waals surface area contributed by atoms with Crippen molar-refractivity contribution in [2.45, 2.75) is 32.4 Å². The Hall–Kier alpha value is -1.53. The molecule has 0 aromatic heterocycles. The number of rotatable bonds is 4. The minimum Gasteiger partial charge on any atom is -0.305 e. The van der Waals surface area contributed by atoms with E-state index in [2.05, 4.69) is 23.8 Å². The second-order valence-corrected chi connectivity index (χ2v) is 5.66. The maximum atomic E-state index is 14.2. The van der Waals surface area contributed by atoms with Crippen molar-refractivity contribution < 1.29 is 9.31 Å². The van der Waals surface area contributed by atoms with Gasteiger partial charge in [0.2, 0.25) is 5.82 Å². The number of nitrogens with zero attached hydrogens (tertiary/aromatic N) is 3. The average Bonchev–Trinajstić information content (AvgIpc) is 2.62. The van der Waals surface area contributed by atoms with Crippen LogP contribution in [0.2, 0.25) is 0 Å². The molecule has 0 aliphatic carbocycles. The molecule has 1 fully saturated rings. The lowest BCUT2D eigenvalue weighted by molar-refractivity contribution is -0.387. The van der Waals surface area contributed by atoms with Gasteiger partial charge >= 0.3 is 5.69 Å². The molecule has 1 saturated heterocycles. The van der Waals surface area contributed by atoms with Gasteiger partial charge in [-0.2, -0.15) is 4.39 Å². The number of benzene rings is 1. The van der Waals surface area contributed by atoms with Crippen LogP contribution in [0.4, 0.5) is 10.1 Å². The maximum Gasteiger partial charge on any atom is 0.305 e. The summed E-state index contributed by atoms with van der Waals surface area (Å²) in [4.78, 5) is 14.7. The van der Waals surface area contributed by atoms with E-state index in [1.165, 1.54) is 6.07 Å². The molecule has 0 bridgehead atoms. The van der Waals surface area contributed by atoms with Gasteiger partial charge in [0.15, 0.2) is 0 Å². The summed E-state index contributed by atoms with van der Waals surface area (Å²) >= 11 is 0. The Balaban J connectivity index is 2.20. The van der Waals surface area contributed by atoms with Gasteiger partial charge in [-0.15, -0.1) is 0 Å². The Bertz CT molecular complexity index is 510. The third-order valence-electron chi connectivity index (χ3n) is 4.12. The van der Waals surface area contributed by atoms with Crippen molar-refractivity contribution in [2.75, 3.05) is 26.7 Å². The van der Waals surface area contributed by atoms with E-state index >= 15 is 0 Å². The van der Waals surface area contributed by atoms with Crippen molar-refractivity contribution in [3.05, 3.63) is 39.7 Å². The van der Waals surface area contributed by atoms with Gasteiger partial charge in [-0.25, -0.2) is 0 Å². The third-order valence-corrected chi connectivity index (χ3v) is 4.12. The molecule has 0 saturated carbocycles. The molecule has 1 aliphatic heterocycles. The monoisotopic (exact) mass is 295 g/mol. The van der Waals surface area contributed by atoms with Crippen LogP contribution in [0.5, 0.6) is 0 Å². The Morgan fingerprint density at radius 3 is 2.86 bits per heavy atom. The fourth-order valence-electron chi connectivity index (χ4n) is 2.94. The van der Waals surface area contributed by atoms with Crippen LogP contribution in [0.25, 0.3) is 0 Å². The largest absolute Gasteiger partial charge is 0.305 e. The highest BCUT2D eigenvalue weighted by atomic mass is 19.1. The lowest BCUT2D eigenvalue weighted by atomic mass is 10.1. The molecule has 21 heavy (non-hydrogen) atoms. The van der Waals surface area contributed by atoms with Crippen LogP contribution in [-0.4, -0.2) is 47.4 Å². The zero-order valence-electron chi connectivity index (χ0n) is 12.6. The molecule has 6 heteroatoms. The quantitative estimate of drug-likeness (QED) is 0.633. The van der Waals surface area contributed by atoms with E-state index in [1.54, 1.807) is 12.1 Å². The molecule has 1 aliphatic rings. The van der Waals surface area contributed by atoms with Crippen LogP contribution in [0, 0.1) is 15.9 Å². The molecule has 0 amide bonds. The first-order chi connectivity index (χ1) is 10.0. The summed E-state index contributed by atoms with van der Waals surface area (Å²) in [6.45, 7) is 5.43. The summed E-state index contributed by atoms with van der Waals surface area (Å²) in [5.41, 5.74) is -0.0281. The minimum atomic E-state index is -0.699. The van der Waals surface area contributed by atoms with E-state index in [4.69, 9.17) is 0 Å². The molecule has 0 spiro atoms. The van der Waals surface area contributed by atoms with Crippen molar-refractivity contribution in [1.29, 1.82) is 0 Å². The molecular formula is C15H22FN3O2. The van der Waals surface area contributed by atoms with Crippen molar-refractivity contribution in [3.63, 3.8) is 0 Å². The number of halogens is 1. The van der Waals surface area contributed by atoms with E-state index in [9.17, 15) is 14.5 Å². The lowest BCUT2D eigenvalue weighted by Gasteiger charge is -2.30. The van der Waals surface area contributed by atoms with Gasteiger partial charge in [0.1, 0.15) is 0 Å². The number of nitro benzene ring substituents is 1. The zero-order valence-corrected chi connectivity index (χ0v) is 12.6. The molecule has 116 valence electrons. The number of hydrogen-bond donors (Lipinski definition) is 0. The predicted molar refractivity (Wildman–Crippen MR) is 79.7 cm³/mol. The standard InChI is InChI=1S/C15H22FN3O2/c1-3-13-11-17(2)8-5-9-18(13)10-12-6-4-7-14(15(12)16)19(20)21/h4,6-7,13H,3,5,8-11H2,1-2H3. The summed E-state index contributed by atoms with van der Waals surface area (Å²) in [5, 5.41) is 10.8. The molecule has 1 aromatic rings. The summed E-state index contributed by atoms with van der Waals surface area (Å²) in [6.07, 6.45) is 2.02. The Morgan fingerprint density at radius 2 is 2.19 bits per heavy atom. The smallest absolute Gasteiger partial charge is 0.305 e. The van der Waals surface area contributed by atoms with Gasteiger partial charge in [-0.3, -0.25) is 15.0 Å². The summed E-state index contributed by atoms with van der Waals surface area (Å²) < 4.78 is 14.2. The topological polar surface area (TPSA) is 49.6 Å². The zero-order chi connectivity index (χ0) is 15.4. The average molecular weight is 295 g/mol. The fourth-order valence-corrected chi connectivity index (χ4v) is 2.94. The van der Waals surface area contributed by atoms with Crippen LogP contribution in [0.15, 0.2) is 18.2 Å². The van der Waals surface area contributed by atoms with Crippen LogP contribution >= 0.6 is 0 Å². The fraction of sp³-hybridized carbons (Fsp3) is 0.600. The lowest BCUT2D eigenvalue weighted by Crippen LogP contribution is -2.39. The van der Waals surface area contributed by atoms with Gasteiger partial charge in [-0.05, 0) is 26.4 Å².